The van der Waals surface area contributed by atoms with Gasteiger partial charge in [-0.2, -0.15) is 0 Å². The maximum absolute atomic E-state index is 12.9. The molecule has 1 saturated carbocycles. The molecule has 2 fully saturated rings. The predicted octanol–water partition coefficient (Wildman–Crippen LogP) is 2.82. The molecule has 8 nitrogen and oxygen atoms in total. The van der Waals surface area contributed by atoms with E-state index in [9.17, 15) is 8.42 Å². The van der Waals surface area contributed by atoms with Crippen molar-refractivity contribution >= 4 is 15.7 Å². The molecule has 2 aromatic carbocycles. The molecule has 0 bridgehead atoms. The fourth-order valence-corrected chi connectivity index (χ4v) is 6.82. The van der Waals surface area contributed by atoms with Crippen molar-refractivity contribution in [2.75, 3.05) is 18.2 Å². The fraction of sp³-hybridized carbons (Fsp3) is 0.360. The molecular formula is C25H26N4O4S. The topological polar surface area (TPSA) is 108 Å². The average molecular weight is 479 g/mol. The largest absolute Gasteiger partial charge is 0.454 e. The lowest BCUT2D eigenvalue weighted by Crippen LogP contribution is -2.37. The Morgan fingerprint density at radius 3 is 2.59 bits per heavy atom. The highest BCUT2D eigenvalue weighted by Crippen LogP contribution is 2.45. The van der Waals surface area contributed by atoms with Gasteiger partial charge in [0, 0.05) is 18.6 Å². The minimum Gasteiger partial charge on any atom is -0.454 e. The van der Waals surface area contributed by atoms with Crippen LogP contribution in [0.25, 0.3) is 0 Å². The Kier molecular flexibility index (Phi) is 5.18. The minimum atomic E-state index is -3.70. The Labute approximate surface area is 198 Å². The molecule has 2 aliphatic heterocycles. The molecule has 34 heavy (non-hydrogen) atoms. The average Bonchev–Trinajstić information content (AvgIpc) is 3.55. The molecule has 1 aliphatic carbocycles. The molecule has 176 valence electrons. The lowest BCUT2D eigenvalue weighted by molar-refractivity contribution is 0.174. The molecular weight excluding hydrogens is 452 g/mol. The number of hydrogen-bond acceptors (Lipinski definition) is 8. The summed E-state index contributed by atoms with van der Waals surface area (Å²) in [6.07, 6.45) is 2.78. The van der Waals surface area contributed by atoms with Crippen LogP contribution in [-0.4, -0.2) is 44.0 Å². The van der Waals surface area contributed by atoms with E-state index in [1.165, 1.54) is 0 Å². The number of sulfone groups is 1. The van der Waals surface area contributed by atoms with E-state index in [2.05, 4.69) is 21.2 Å². The molecule has 1 aromatic heterocycles. The third-order valence-corrected chi connectivity index (χ3v) is 8.90. The quantitative estimate of drug-likeness (QED) is 0.597. The zero-order valence-corrected chi connectivity index (χ0v) is 19.4. The van der Waals surface area contributed by atoms with Gasteiger partial charge in [0.1, 0.15) is 0 Å². The molecule has 9 heteroatoms. The Bertz CT molecular complexity index is 1300. The van der Waals surface area contributed by atoms with E-state index in [0.29, 0.717) is 17.7 Å². The highest BCUT2D eigenvalue weighted by Gasteiger charge is 2.47. The maximum Gasteiger partial charge on any atom is 0.231 e. The summed E-state index contributed by atoms with van der Waals surface area (Å²) in [6, 6.07) is 18.1. The smallest absolute Gasteiger partial charge is 0.231 e. The predicted molar refractivity (Wildman–Crippen MR) is 126 cm³/mol. The molecule has 0 spiro atoms. The number of ether oxygens (including phenoxy) is 2. The van der Waals surface area contributed by atoms with Crippen molar-refractivity contribution < 1.29 is 17.9 Å². The molecule has 6 rings (SSSR count). The molecule has 4 atom stereocenters. The van der Waals surface area contributed by atoms with Crippen molar-refractivity contribution in [1.82, 2.24) is 10.2 Å². The molecule has 0 radical (unpaired) electrons. The van der Waals surface area contributed by atoms with Gasteiger partial charge in [-0.25, -0.2) is 8.42 Å². The molecule has 3 heterocycles. The van der Waals surface area contributed by atoms with Crippen molar-refractivity contribution in [3.05, 3.63) is 66.2 Å². The third kappa shape index (κ3) is 3.69. The molecule has 3 aromatic rings. The normalized spacial score (nSPS) is 25.5. The molecule has 1 saturated heterocycles. The maximum atomic E-state index is 12.9. The van der Waals surface area contributed by atoms with Crippen LogP contribution in [-0.2, 0) is 16.3 Å². The van der Waals surface area contributed by atoms with E-state index >= 15 is 0 Å². The van der Waals surface area contributed by atoms with Crippen LogP contribution in [0.4, 0.5) is 5.82 Å². The van der Waals surface area contributed by atoms with E-state index in [1.54, 1.807) is 42.5 Å². The van der Waals surface area contributed by atoms with Gasteiger partial charge in [0.25, 0.3) is 0 Å². The van der Waals surface area contributed by atoms with Crippen LogP contribution in [0.2, 0.25) is 0 Å². The second-order valence-electron chi connectivity index (χ2n) is 9.31. The summed E-state index contributed by atoms with van der Waals surface area (Å²) >= 11 is 0. The summed E-state index contributed by atoms with van der Waals surface area (Å²) in [5.74, 6) is 3.19. The van der Waals surface area contributed by atoms with Crippen molar-refractivity contribution in [2.24, 2.45) is 17.6 Å². The van der Waals surface area contributed by atoms with Gasteiger partial charge >= 0.3 is 0 Å². The summed E-state index contributed by atoms with van der Waals surface area (Å²) in [5, 5.41) is 8.45. The van der Waals surface area contributed by atoms with Crippen molar-refractivity contribution in [2.45, 2.75) is 41.3 Å². The summed E-state index contributed by atoms with van der Waals surface area (Å²) in [7, 11) is -3.70. The summed E-state index contributed by atoms with van der Waals surface area (Å²) in [4.78, 5) is 2.49. The second-order valence-corrected chi connectivity index (χ2v) is 11.2. The Morgan fingerprint density at radius 1 is 0.971 bits per heavy atom. The first kappa shape index (κ1) is 21.4. The van der Waals surface area contributed by atoms with Gasteiger partial charge in [-0.1, -0.05) is 24.3 Å². The van der Waals surface area contributed by atoms with Gasteiger partial charge in [-0.15, -0.1) is 10.2 Å². The van der Waals surface area contributed by atoms with Gasteiger partial charge in [-0.05, 0) is 73.1 Å². The molecule has 2 N–H and O–H groups in total. The van der Waals surface area contributed by atoms with Crippen LogP contribution in [0, 0.1) is 11.8 Å². The van der Waals surface area contributed by atoms with E-state index in [0.717, 1.165) is 42.9 Å². The van der Waals surface area contributed by atoms with Crippen LogP contribution >= 0.6 is 0 Å². The van der Waals surface area contributed by atoms with E-state index < -0.39 is 9.84 Å². The van der Waals surface area contributed by atoms with Crippen LogP contribution in [0.1, 0.15) is 18.4 Å². The van der Waals surface area contributed by atoms with Crippen molar-refractivity contribution in [1.29, 1.82) is 0 Å². The standard InChI is InChI=1S/C25H26N4O4S/c26-18-12-17-14-29(21(20(17)13-18)10-16-6-7-22-23(11-16)33-15-32-22)24-8-9-25(28-27-24)34(30,31)19-4-2-1-3-5-19/h1-9,11,17-18,20-21H,10,12-15,26H2/t17-,18+,20+,21+/m1/s1. The zero-order valence-electron chi connectivity index (χ0n) is 18.6. The summed E-state index contributed by atoms with van der Waals surface area (Å²) in [5.41, 5.74) is 7.48. The number of fused-ring (bicyclic) bond motifs is 2. The molecule has 0 unspecified atom stereocenters. The monoisotopic (exact) mass is 478 g/mol. The van der Waals surface area contributed by atoms with E-state index in [4.69, 9.17) is 15.2 Å². The van der Waals surface area contributed by atoms with Gasteiger partial charge in [0.15, 0.2) is 22.3 Å². The first-order valence-corrected chi connectivity index (χ1v) is 13.0. The van der Waals surface area contributed by atoms with Crippen LogP contribution in [0.5, 0.6) is 11.5 Å². The Hall–Kier alpha value is -3.17. The first-order chi connectivity index (χ1) is 16.5. The van der Waals surface area contributed by atoms with Gasteiger partial charge in [-0.3, -0.25) is 0 Å². The Balaban J connectivity index is 1.29. The zero-order chi connectivity index (χ0) is 23.3. The highest BCUT2D eigenvalue weighted by molar-refractivity contribution is 7.91. The minimum absolute atomic E-state index is 0.0452. The number of aromatic nitrogens is 2. The van der Waals surface area contributed by atoms with E-state index in [1.807, 2.05) is 12.1 Å². The lowest BCUT2D eigenvalue weighted by atomic mass is 9.89. The number of rotatable bonds is 5. The van der Waals surface area contributed by atoms with Gasteiger partial charge < -0.3 is 20.1 Å². The number of nitrogens with zero attached hydrogens (tertiary/aromatic N) is 3. The number of hydrogen-bond donors (Lipinski definition) is 1. The highest BCUT2D eigenvalue weighted by atomic mass is 32.2. The Morgan fingerprint density at radius 2 is 1.79 bits per heavy atom. The fourth-order valence-electron chi connectivity index (χ4n) is 5.67. The van der Waals surface area contributed by atoms with Crippen molar-refractivity contribution in [3.63, 3.8) is 0 Å². The van der Waals surface area contributed by atoms with Crippen LogP contribution in [0.15, 0.2) is 70.6 Å². The van der Waals surface area contributed by atoms with Gasteiger partial charge in [0.05, 0.1) is 4.90 Å². The van der Waals surface area contributed by atoms with Crippen molar-refractivity contribution in [3.8, 4) is 11.5 Å². The summed E-state index contributed by atoms with van der Waals surface area (Å²) in [6.45, 7) is 1.09. The summed E-state index contributed by atoms with van der Waals surface area (Å²) < 4.78 is 36.8. The SMILES string of the molecule is N[C@H]1C[C@@H]2CN(c3ccc(S(=O)(=O)c4ccccc4)nn3)[C@@H](Cc3ccc4c(c3)OCO4)[C@H]2C1. The molecule has 3 aliphatic rings. The molecule has 0 amide bonds. The number of nitrogens with two attached hydrogens (primary N) is 1. The lowest BCUT2D eigenvalue weighted by Gasteiger charge is -2.29. The number of anilines is 1. The van der Waals surface area contributed by atoms with Crippen LogP contribution < -0.4 is 20.1 Å². The third-order valence-electron chi connectivity index (χ3n) is 7.24. The van der Waals surface area contributed by atoms with Gasteiger partial charge in [0.2, 0.25) is 16.6 Å². The van der Waals surface area contributed by atoms with Crippen LogP contribution in [0.3, 0.4) is 0 Å². The number of benzene rings is 2. The first-order valence-electron chi connectivity index (χ1n) is 11.5. The second kappa shape index (κ2) is 8.25. The van der Waals surface area contributed by atoms with E-state index in [-0.39, 0.29) is 28.8 Å².